The van der Waals surface area contributed by atoms with Crippen molar-refractivity contribution in [3.05, 3.63) is 0 Å². The van der Waals surface area contributed by atoms with Gasteiger partial charge in [-0.25, -0.2) is 0 Å². The number of ketones is 1. The van der Waals surface area contributed by atoms with Crippen LogP contribution >= 0.6 is 0 Å². The zero-order valence-electron chi connectivity index (χ0n) is 10.2. The maximum absolute atomic E-state index is 12.0. The lowest BCUT2D eigenvalue weighted by atomic mass is 9.75. The summed E-state index contributed by atoms with van der Waals surface area (Å²) >= 11 is 0. The van der Waals surface area contributed by atoms with Crippen LogP contribution in [0.1, 0.15) is 44.9 Å². The highest BCUT2D eigenvalue weighted by Gasteiger charge is 2.39. The smallest absolute Gasteiger partial charge is 0.136 e. The summed E-state index contributed by atoms with van der Waals surface area (Å²) < 4.78 is 10.8. The average molecular weight is 226 g/mol. The first kappa shape index (κ1) is 12.1. The molecule has 0 aromatic heterocycles. The molecule has 0 aromatic rings. The molecule has 2 fully saturated rings. The number of carbonyl (C=O) groups excluding carboxylic acids is 1. The molecule has 0 unspecified atom stereocenters. The Labute approximate surface area is 97.5 Å². The van der Waals surface area contributed by atoms with Gasteiger partial charge in [0.2, 0.25) is 0 Å². The van der Waals surface area contributed by atoms with Crippen LogP contribution in [-0.4, -0.2) is 31.7 Å². The van der Waals surface area contributed by atoms with Crippen molar-refractivity contribution in [3.63, 3.8) is 0 Å². The van der Waals surface area contributed by atoms with Gasteiger partial charge in [-0.05, 0) is 38.0 Å². The van der Waals surface area contributed by atoms with Crippen molar-refractivity contribution >= 4 is 5.78 Å². The van der Waals surface area contributed by atoms with E-state index in [1.54, 1.807) is 7.11 Å². The first-order valence-corrected chi connectivity index (χ1v) is 6.39. The number of hydrogen-bond acceptors (Lipinski definition) is 3. The quantitative estimate of drug-likeness (QED) is 0.721. The van der Waals surface area contributed by atoms with E-state index >= 15 is 0 Å². The van der Waals surface area contributed by atoms with Gasteiger partial charge in [0.25, 0.3) is 0 Å². The molecular weight excluding hydrogens is 204 g/mol. The van der Waals surface area contributed by atoms with E-state index in [2.05, 4.69) is 0 Å². The highest BCUT2D eigenvalue weighted by atomic mass is 16.5. The maximum atomic E-state index is 12.0. The van der Waals surface area contributed by atoms with Crippen LogP contribution in [0.4, 0.5) is 0 Å². The third kappa shape index (κ3) is 2.83. The zero-order chi connectivity index (χ0) is 11.4. The minimum Gasteiger partial charge on any atom is -0.381 e. The first-order chi connectivity index (χ1) is 7.74. The lowest BCUT2D eigenvalue weighted by Crippen LogP contribution is -2.41. The van der Waals surface area contributed by atoms with Crippen molar-refractivity contribution < 1.29 is 14.3 Å². The molecular formula is C13H22O3. The second kappa shape index (κ2) is 5.28. The van der Waals surface area contributed by atoms with E-state index in [9.17, 15) is 4.79 Å². The van der Waals surface area contributed by atoms with Crippen LogP contribution < -0.4 is 0 Å². The fraction of sp³-hybridized carbons (Fsp3) is 0.923. The third-order valence-electron chi connectivity index (χ3n) is 4.07. The Bertz CT molecular complexity index is 234. The van der Waals surface area contributed by atoms with E-state index in [1.165, 1.54) is 6.42 Å². The summed E-state index contributed by atoms with van der Waals surface area (Å²) in [6.07, 6.45) is 6.77. The SMILES string of the molecule is COC1(CC(=O)CC2CCOCC2)CCC1. The van der Waals surface area contributed by atoms with Crippen LogP contribution in [0.2, 0.25) is 0 Å². The number of Topliss-reactive ketones (excluding diaryl/α,β-unsaturated/α-hetero) is 1. The Morgan fingerprint density at radius 2 is 2.06 bits per heavy atom. The van der Waals surface area contributed by atoms with Crippen LogP contribution in [0.15, 0.2) is 0 Å². The molecule has 16 heavy (non-hydrogen) atoms. The number of hydrogen-bond donors (Lipinski definition) is 0. The molecule has 1 saturated carbocycles. The molecule has 3 nitrogen and oxygen atoms in total. The molecule has 0 amide bonds. The van der Waals surface area contributed by atoms with Gasteiger partial charge < -0.3 is 9.47 Å². The Morgan fingerprint density at radius 1 is 1.38 bits per heavy atom. The predicted molar refractivity (Wildman–Crippen MR) is 61.4 cm³/mol. The molecule has 2 rings (SSSR count). The average Bonchev–Trinajstić information content (AvgIpc) is 2.25. The summed E-state index contributed by atoms with van der Waals surface area (Å²) in [7, 11) is 1.74. The van der Waals surface area contributed by atoms with E-state index in [-0.39, 0.29) is 5.60 Å². The largest absolute Gasteiger partial charge is 0.381 e. The van der Waals surface area contributed by atoms with E-state index in [4.69, 9.17) is 9.47 Å². The molecule has 1 saturated heterocycles. The molecule has 1 aliphatic carbocycles. The van der Waals surface area contributed by atoms with Gasteiger partial charge in [-0.3, -0.25) is 4.79 Å². The summed E-state index contributed by atoms with van der Waals surface area (Å²) in [6.45, 7) is 1.65. The molecule has 92 valence electrons. The topological polar surface area (TPSA) is 35.5 Å². The Balaban J connectivity index is 1.74. The van der Waals surface area contributed by atoms with Gasteiger partial charge in [0.1, 0.15) is 5.78 Å². The highest BCUT2D eigenvalue weighted by Crippen LogP contribution is 2.38. The van der Waals surface area contributed by atoms with E-state index in [0.29, 0.717) is 18.1 Å². The molecule has 3 heteroatoms. The second-order valence-corrected chi connectivity index (χ2v) is 5.22. The molecule has 0 radical (unpaired) electrons. The van der Waals surface area contributed by atoms with Gasteiger partial charge in [-0.2, -0.15) is 0 Å². The molecule has 0 aromatic carbocycles. The molecule has 0 spiro atoms. The lowest BCUT2D eigenvalue weighted by Gasteiger charge is -2.40. The van der Waals surface area contributed by atoms with E-state index in [0.717, 1.165) is 45.3 Å². The van der Waals surface area contributed by atoms with Crippen LogP contribution in [0.3, 0.4) is 0 Å². The van der Waals surface area contributed by atoms with Crippen molar-refractivity contribution in [1.29, 1.82) is 0 Å². The normalized spacial score (nSPS) is 25.1. The Morgan fingerprint density at radius 3 is 2.56 bits per heavy atom. The fourth-order valence-corrected chi connectivity index (χ4v) is 2.73. The second-order valence-electron chi connectivity index (χ2n) is 5.22. The maximum Gasteiger partial charge on any atom is 0.136 e. The highest BCUT2D eigenvalue weighted by molar-refractivity contribution is 5.79. The van der Waals surface area contributed by atoms with Crippen LogP contribution in [0.5, 0.6) is 0 Å². The van der Waals surface area contributed by atoms with E-state index < -0.39 is 0 Å². The molecule has 1 aliphatic heterocycles. The van der Waals surface area contributed by atoms with Crippen molar-refractivity contribution in [1.82, 2.24) is 0 Å². The summed E-state index contributed by atoms with van der Waals surface area (Å²) in [5.41, 5.74) is -0.0950. The van der Waals surface area contributed by atoms with Gasteiger partial charge in [0.15, 0.2) is 0 Å². The number of methoxy groups -OCH3 is 1. The zero-order valence-corrected chi connectivity index (χ0v) is 10.2. The van der Waals surface area contributed by atoms with E-state index in [1.807, 2.05) is 0 Å². The van der Waals surface area contributed by atoms with Crippen LogP contribution in [0.25, 0.3) is 0 Å². The fourth-order valence-electron chi connectivity index (χ4n) is 2.73. The Hall–Kier alpha value is -0.410. The molecule has 0 bridgehead atoms. The third-order valence-corrected chi connectivity index (χ3v) is 4.07. The Kier molecular flexibility index (Phi) is 3.98. The summed E-state index contributed by atoms with van der Waals surface area (Å²) in [5, 5.41) is 0. The summed E-state index contributed by atoms with van der Waals surface area (Å²) in [6, 6.07) is 0. The minimum atomic E-state index is -0.0950. The number of rotatable bonds is 5. The van der Waals surface area contributed by atoms with Crippen molar-refractivity contribution in [2.75, 3.05) is 20.3 Å². The van der Waals surface area contributed by atoms with Crippen molar-refractivity contribution in [2.24, 2.45) is 5.92 Å². The monoisotopic (exact) mass is 226 g/mol. The molecule has 2 aliphatic rings. The molecule has 0 N–H and O–H groups in total. The summed E-state index contributed by atoms with van der Waals surface area (Å²) in [4.78, 5) is 12.0. The van der Waals surface area contributed by atoms with Crippen molar-refractivity contribution in [3.8, 4) is 0 Å². The van der Waals surface area contributed by atoms with Gasteiger partial charge in [0, 0.05) is 33.2 Å². The van der Waals surface area contributed by atoms with Gasteiger partial charge in [0.05, 0.1) is 5.60 Å². The molecule has 1 heterocycles. The minimum absolute atomic E-state index is 0.0950. The van der Waals surface area contributed by atoms with Crippen LogP contribution in [-0.2, 0) is 14.3 Å². The van der Waals surface area contributed by atoms with Crippen LogP contribution in [0, 0.1) is 5.92 Å². The standard InChI is InChI=1S/C13H22O3/c1-15-13(5-2-6-13)10-12(14)9-11-3-7-16-8-4-11/h11H,2-10H2,1H3. The van der Waals surface area contributed by atoms with Gasteiger partial charge in [-0.15, -0.1) is 0 Å². The molecule has 0 atom stereocenters. The van der Waals surface area contributed by atoms with Crippen molar-refractivity contribution in [2.45, 2.75) is 50.5 Å². The summed E-state index contributed by atoms with van der Waals surface area (Å²) in [5.74, 6) is 0.934. The first-order valence-electron chi connectivity index (χ1n) is 6.39. The lowest BCUT2D eigenvalue weighted by molar-refractivity contribution is -0.133. The van der Waals surface area contributed by atoms with Gasteiger partial charge in [-0.1, -0.05) is 0 Å². The number of carbonyl (C=O) groups is 1. The predicted octanol–water partition coefficient (Wildman–Crippen LogP) is 2.33. The number of ether oxygens (including phenoxy) is 2. The van der Waals surface area contributed by atoms with Gasteiger partial charge >= 0.3 is 0 Å².